The predicted molar refractivity (Wildman–Crippen MR) is 106 cm³/mol. The molecule has 5 heteroatoms. The molecule has 0 heterocycles. The van der Waals surface area contributed by atoms with Crippen LogP contribution in [0.2, 0.25) is 0 Å². The van der Waals surface area contributed by atoms with Crippen LogP contribution in [0.25, 0.3) is 0 Å². The molecule has 0 aliphatic carbocycles. The number of anilines is 1. The van der Waals surface area contributed by atoms with Gasteiger partial charge in [0.05, 0.1) is 12.2 Å². The van der Waals surface area contributed by atoms with Gasteiger partial charge in [-0.05, 0) is 62.1 Å². The van der Waals surface area contributed by atoms with Gasteiger partial charge in [0, 0.05) is 5.69 Å². The third kappa shape index (κ3) is 6.77. The Bertz CT molecular complexity index is 781. The zero-order chi connectivity index (χ0) is 19.8. The second-order valence-corrected chi connectivity index (χ2v) is 7.00. The van der Waals surface area contributed by atoms with Gasteiger partial charge in [-0.25, -0.2) is 4.79 Å². The summed E-state index contributed by atoms with van der Waals surface area (Å²) < 4.78 is 10.8. The number of amides is 1. The van der Waals surface area contributed by atoms with Gasteiger partial charge >= 0.3 is 5.97 Å². The number of nitrogens with one attached hydrogen (secondary N) is 1. The number of hydrogen-bond acceptors (Lipinski definition) is 4. The Labute approximate surface area is 160 Å². The fraction of sp³-hybridized carbons (Fsp3) is 0.364. The first-order chi connectivity index (χ1) is 12.8. The van der Waals surface area contributed by atoms with Gasteiger partial charge in [-0.1, -0.05) is 31.5 Å². The molecule has 0 saturated heterocycles. The van der Waals surface area contributed by atoms with Crippen LogP contribution in [0.15, 0.2) is 42.5 Å². The molecule has 0 bridgehead atoms. The van der Waals surface area contributed by atoms with E-state index in [-0.39, 0.29) is 18.5 Å². The molecule has 2 aromatic carbocycles. The van der Waals surface area contributed by atoms with Gasteiger partial charge in [-0.15, -0.1) is 0 Å². The number of carbonyl (C=O) groups is 2. The smallest absolute Gasteiger partial charge is 0.338 e. The molecule has 1 N–H and O–H groups in total. The van der Waals surface area contributed by atoms with Crippen LogP contribution in [0.4, 0.5) is 5.69 Å². The first-order valence-corrected chi connectivity index (χ1v) is 9.12. The summed E-state index contributed by atoms with van der Waals surface area (Å²) in [5.41, 5.74) is 3.20. The van der Waals surface area contributed by atoms with Crippen LogP contribution in [0.3, 0.4) is 0 Å². The summed E-state index contributed by atoms with van der Waals surface area (Å²) in [6.07, 6.45) is 0.834. The lowest BCUT2D eigenvalue weighted by Gasteiger charge is -2.10. The van der Waals surface area contributed by atoms with Crippen LogP contribution in [-0.4, -0.2) is 25.1 Å². The summed E-state index contributed by atoms with van der Waals surface area (Å²) in [4.78, 5) is 24.0. The zero-order valence-electron chi connectivity index (χ0n) is 16.4. The molecule has 0 spiro atoms. The maximum Gasteiger partial charge on any atom is 0.338 e. The minimum absolute atomic E-state index is 0.0805. The van der Waals surface area contributed by atoms with Gasteiger partial charge in [-0.2, -0.15) is 0 Å². The predicted octanol–water partition coefficient (Wildman–Crippen LogP) is 4.52. The summed E-state index contributed by atoms with van der Waals surface area (Å²) in [5.74, 6) is 0.561. The van der Waals surface area contributed by atoms with Crippen molar-refractivity contribution in [2.24, 2.45) is 5.92 Å². The summed E-state index contributed by atoms with van der Waals surface area (Å²) in [6.45, 7) is 8.43. The van der Waals surface area contributed by atoms with Crippen molar-refractivity contribution in [3.05, 3.63) is 59.2 Å². The van der Waals surface area contributed by atoms with E-state index in [9.17, 15) is 9.59 Å². The first-order valence-electron chi connectivity index (χ1n) is 9.12. The lowest BCUT2D eigenvalue weighted by molar-refractivity contribution is -0.118. The van der Waals surface area contributed by atoms with Gasteiger partial charge < -0.3 is 14.8 Å². The van der Waals surface area contributed by atoms with E-state index in [1.54, 1.807) is 24.3 Å². The van der Waals surface area contributed by atoms with E-state index in [4.69, 9.17) is 9.47 Å². The fourth-order valence-corrected chi connectivity index (χ4v) is 2.46. The molecule has 0 atom stereocenters. The molecule has 2 aromatic rings. The van der Waals surface area contributed by atoms with E-state index < -0.39 is 0 Å². The highest BCUT2D eigenvalue weighted by atomic mass is 16.5. The van der Waals surface area contributed by atoms with Crippen molar-refractivity contribution in [1.82, 2.24) is 0 Å². The molecular formula is C22H27NO4. The van der Waals surface area contributed by atoms with Crippen molar-refractivity contribution in [3.8, 4) is 5.75 Å². The largest absolute Gasteiger partial charge is 0.483 e. The maximum absolute atomic E-state index is 12.1. The lowest BCUT2D eigenvalue weighted by Crippen LogP contribution is -2.20. The van der Waals surface area contributed by atoms with E-state index in [0.717, 1.165) is 17.5 Å². The second kappa shape index (κ2) is 9.76. The maximum atomic E-state index is 12.1. The number of hydrogen-bond donors (Lipinski definition) is 1. The number of aryl methyl sites for hydroxylation is 2. The molecule has 0 saturated carbocycles. The van der Waals surface area contributed by atoms with Crippen molar-refractivity contribution < 1.29 is 19.1 Å². The Morgan fingerprint density at radius 1 is 1.04 bits per heavy atom. The summed E-state index contributed by atoms with van der Waals surface area (Å²) in [6, 6.07) is 12.4. The highest BCUT2D eigenvalue weighted by molar-refractivity contribution is 5.93. The normalized spacial score (nSPS) is 10.6. The molecule has 27 heavy (non-hydrogen) atoms. The number of benzene rings is 2. The van der Waals surface area contributed by atoms with Crippen molar-refractivity contribution >= 4 is 17.6 Å². The van der Waals surface area contributed by atoms with Crippen LogP contribution in [0.1, 0.15) is 41.8 Å². The third-order valence-corrected chi connectivity index (χ3v) is 4.02. The Kier molecular flexibility index (Phi) is 7.41. The fourth-order valence-electron chi connectivity index (χ4n) is 2.46. The second-order valence-electron chi connectivity index (χ2n) is 7.00. The minimum Gasteiger partial charge on any atom is -0.483 e. The van der Waals surface area contributed by atoms with Crippen LogP contribution >= 0.6 is 0 Å². The topological polar surface area (TPSA) is 64.6 Å². The number of carbonyl (C=O) groups excluding carboxylic acids is 2. The molecular weight excluding hydrogens is 342 g/mol. The van der Waals surface area contributed by atoms with E-state index >= 15 is 0 Å². The SMILES string of the molecule is Cc1ccc(OCC(=O)Nc2ccc(C(=O)OCCC(C)C)cc2)c(C)c1. The molecule has 0 aliphatic heterocycles. The molecule has 0 unspecified atom stereocenters. The zero-order valence-corrected chi connectivity index (χ0v) is 16.4. The minimum atomic E-state index is -0.355. The summed E-state index contributed by atoms with van der Waals surface area (Å²) in [5, 5.41) is 2.75. The Morgan fingerprint density at radius 2 is 1.74 bits per heavy atom. The van der Waals surface area contributed by atoms with E-state index in [1.807, 2.05) is 32.0 Å². The standard InChI is InChI=1S/C22H27NO4/c1-15(2)11-12-26-22(25)18-6-8-19(9-7-18)23-21(24)14-27-20-10-5-16(3)13-17(20)4/h5-10,13,15H,11-12,14H2,1-4H3,(H,23,24). The van der Waals surface area contributed by atoms with E-state index in [2.05, 4.69) is 19.2 Å². The average Bonchev–Trinajstić information content (AvgIpc) is 2.61. The summed E-state index contributed by atoms with van der Waals surface area (Å²) >= 11 is 0. The van der Waals surface area contributed by atoms with Crippen LogP contribution in [0, 0.1) is 19.8 Å². The number of esters is 1. The van der Waals surface area contributed by atoms with Crippen LogP contribution < -0.4 is 10.1 Å². The molecule has 5 nitrogen and oxygen atoms in total. The molecule has 0 fully saturated rings. The van der Waals surface area contributed by atoms with E-state index in [1.165, 1.54) is 0 Å². The van der Waals surface area contributed by atoms with Crippen molar-refractivity contribution in [1.29, 1.82) is 0 Å². The Balaban J connectivity index is 1.82. The quantitative estimate of drug-likeness (QED) is 0.695. The Hall–Kier alpha value is -2.82. The molecule has 1 amide bonds. The Morgan fingerprint density at radius 3 is 2.37 bits per heavy atom. The van der Waals surface area contributed by atoms with Crippen LogP contribution in [0.5, 0.6) is 5.75 Å². The molecule has 2 rings (SSSR count). The average molecular weight is 369 g/mol. The van der Waals surface area contributed by atoms with Gasteiger partial charge in [0.15, 0.2) is 6.61 Å². The van der Waals surface area contributed by atoms with Crippen LogP contribution in [-0.2, 0) is 9.53 Å². The first kappa shape index (κ1) is 20.5. The molecule has 0 aromatic heterocycles. The lowest BCUT2D eigenvalue weighted by atomic mass is 10.1. The highest BCUT2D eigenvalue weighted by Crippen LogP contribution is 2.18. The molecule has 144 valence electrons. The van der Waals surface area contributed by atoms with Gasteiger partial charge in [-0.3, -0.25) is 4.79 Å². The number of ether oxygens (including phenoxy) is 2. The highest BCUT2D eigenvalue weighted by Gasteiger charge is 2.09. The third-order valence-electron chi connectivity index (χ3n) is 4.02. The molecule has 0 aliphatic rings. The van der Waals surface area contributed by atoms with Gasteiger partial charge in [0.1, 0.15) is 5.75 Å². The molecule has 0 radical (unpaired) electrons. The number of rotatable bonds is 8. The monoisotopic (exact) mass is 369 g/mol. The van der Waals surface area contributed by atoms with E-state index in [0.29, 0.717) is 29.5 Å². The van der Waals surface area contributed by atoms with Crippen molar-refractivity contribution in [2.45, 2.75) is 34.1 Å². The van der Waals surface area contributed by atoms with Gasteiger partial charge in [0.2, 0.25) is 0 Å². The van der Waals surface area contributed by atoms with Crippen molar-refractivity contribution in [3.63, 3.8) is 0 Å². The van der Waals surface area contributed by atoms with Gasteiger partial charge in [0.25, 0.3) is 5.91 Å². The summed E-state index contributed by atoms with van der Waals surface area (Å²) in [7, 11) is 0. The van der Waals surface area contributed by atoms with Crippen molar-refractivity contribution in [2.75, 3.05) is 18.5 Å².